The molecule has 2 fully saturated rings. The minimum absolute atomic E-state index is 0.0819. The monoisotopic (exact) mass is 500 g/mol. The average Bonchev–Trinajstić information content (AvgIpc) is 2.89. The fourth-order valence-electron chi connectivity index (χ4n) is 4.90. The van der Waals surface area contributed by atoms with Crippen molar-refractivity contribution >= 4 is 6.08 Å². The Morgan fingerprint density at radius 2 is 1.72 bits per heavy atom. The van der Waals surface area contributed by atoms with Crippen LogP contribution in [0, 0.1) is 23.4 Å². The van der Waals surface area contributed by atoms with Crippen LogP contribution in [0.5, 0.6) is 5.75 Å². The molecule has 4 rings (SSSR count). The van der Waals surface area contributed by atoms with Gasteiger partial charge in [0.15, 0.2) is 29.5 Å². The smallest absolute Gasteiger partial charge is 0.177 e. The van der Waals surface area contributed by atoms with Crippen LogP contribution in [0.1, 0.15) is 74.0 Å². The van der Waals surface area contributed by atoms with Crippen LogP contribution in [0.2, 0.25) is 0 Å². The van der Waals surface area contributed by atoms with Crippen molar-refractivity contribution < 1.29 is 27.4 Å². The zero-order chi connectivity index (χ0) is 25.5. The van der Waals surface area contributed by atoms with Crippen LogP contribution >= 0.6 is 0 Å². The van der Waals surface area contributed by atoms with Gasteiger partial charge in [-0.25, -0.2) is 13.2 Å². The van der Waals surface area contributed by atoms with Gasteiger partial charge in [0.1, 0.15) is 0 Å². The minimum Gasteiger partial charge on any atom is -0.491 e. The first kappa shape index (κ1) is 26.5. The summed E-state index contributed by atoms with van der Waals surface area (Å²) in [7, 11) is 0. The largest absolute Gasteiger partial charge is 0.491 e. The summed E-state index contributed by atoms with van der Waals surface area (Å²) in [6, 6.07) is 8.21. The first-order chi connectivity index (χ1) is 17.5. The Labute approximate surface area is 212 Å². The summed E-state index contributed by atoms with van der Waals surface area (Å²) >= 11 is 0. The highest BCUT2D eigenvalue weighted by Gasteiger charge is 2.25. The van der Waals surface area contributed by atoms with Gasteiger partial charge in [0.2, 0.25) is 0 Å². The van der Waals surface area contributed by atoms with E-state index in [4.69, 9.17) is 14.2 Å². The lowest BCUT2D eigenvalue weighted by Gasteiger charge is -2.28. The fourth-order valence-corrected chi connectivity index (χ4v) is 4.90. The third-order valence-corrected chi connectivity index (χ3v) is 7.19. The van der Waals surface area contributed by atoms with E-state index in [0.29, 0.717) is 31.3 Å². The molecule has 0 unspecified atom stereocenters. The van der Waals surface area contributed by atoms with E-state index < -0.39 is 23.7 Å². The molecule has 194 valence electrons. The molecule has 2 aromatic carbocycles. The van der Waals surface area contributed by atoms with Gasteiger partial charge in [-0.15, -0.1) is 6.58 Å². The molecule has 2 aliphatic rings. The van der Waals surface area contributed by atoms with E-state index in [-0.39, 0.29) is 23.1 Å². The minimum atomic E-state index is -0.835. The molecule has 1 aliphatic carbocycles. The number of ether oxygens (including phenoxy) is 3. The molecule has 36 heavy (non-hydrogen) atoms. The van der Waals surface area contributed by atoms with E-state index >= 15 is 0 Å². The van der Waals surface area contributed by atoms with E-state index in [1.54, 1.807) is 30.4 Å². The molecule has 0 amide bonds. The third-order valence-electron chi connectivity index (χ3n) is 7.19. The van der Waals surface area contributed by atoms with Crippen molar-refractivity contribution in [1.29, 1.82) is 0 Å². The summed E-state index contributed by atoms with van der Waals surface area (Å²) in [5, 5.41) is 0. The van der Waals surface area contributed by atoms with E-state index in [2.05, 4.69) is 13.5 Å². The van der Waals surface area contributed by atoms with Crippen LogP contribution in [0.15, 0.2) is 49.1 Å². The average molecular weight is 501 g/mol. The third kappa shape index (κ3) is 6.60. The molecule has 1 saturated heterocycles. The van der Waals surface area contributed by atoms with Crippen molar-refractivity contribution in [3.05, 3.63) is 83.2 Å². The van der Waals surface area contributed by atoms with Crippen molar-refractivity contribution in [2.75, 3.05) is 19.8 Å². The van der Waals surface area contributed by atoms with Crippen LogP contribution in [0.4, 0.5) is 13.2 Å². The zero-order valence-corrected chi connectivity index (χ0v) is 20.9. The standard InChI is InChI=1S/C30H35F3O3/c1-3-4-5-16-34-27-14-11-23(17-26(27)31)24-18-35-28(36-19-24)15-12-22-10-13-25(30(33)29(22)32)21-8-6-20(2)7-9-21/h3,10-15,17,20-21,24,28H,1,4-9,16,18-19H2,2H3/b15-12+. The van der Waals surface area contributed by atoms with Gasteiger partial charge in [0.25, 0.3) is 0 Å². The molecular weight excluding hydrogens is 465 g/mol. The highest BCUT2D eigenvalue weighted by molar-refractivity contribution is 5.52. The maximum atomic E-state index is 14.8. The summed E-state index contributed by atoms with van der Waals surface area (Å²) in [5.74, 6) is -1.19. The Kier molecular flexibility index (Phi) is 9.27. The molecule has 3 nitrogen and oxygen atoms in total. The Morgan fingerprint density at radius 1 is 0.972 bits per heavy atom. The van der Waals surface area contributed by atoms with Gasteiger partial charge >= 0.3 is 0 Å². The molecule has 0 radical (unpaired) electrons. The van der Waals surface area contributed by atoms with E-state index in [1.807, 2.05) is 6.07 Å². The van der Waals surface area contributed by atoms with Crippen LogP contribution in [0.25, 0.3) is 6.08 Å². The van der Waals surface area contributed by atoms with E-state index in [0.717, 1.165) is 44.1 Å². The molecule has 0 atom stereocenters. The molecule has 2 aromatic rings. The number of hydrogen-bond acceptors (Lipinski definition) is 3. The Bertz CT molecular complexity index is 1050. The van der Waals surface area contributed by atoms with Crippen LogP contribution in [0.3, 0.4) is 0 Å². The second-order valence-corrected chi connectivity index (χ2v) is 9.89. The highest BCUT2D eigenvalue weighted by Crippen LogP contribution is 2.37. The molecule has 0 bridgehead atoms. The lowest BCUT2D eigenvalue weighted by molar-refractivity contribution is -0.159. The topological polar surface area (TPSA) is 27.7 Å². The summed E-state index contributed by atoms with van der Waals surface area (Å²) in [6.07, 6.45) is 9.68. The maximum Gasteiger partial charge on any atom is 0.177 e. The number of benzene rings is 2. The number of unbranched alkanes of at least 4 members (excludes halogenated alkanes) is 1. The van der Waals surface area contributed by atoms with Crippen molar-refractivity contribution in [2.24, 2.45) is 5.92 Å². The van der Waals surface area contributed by atoms with Gasteiger partial charge in [-0.05, 0) is 66.9 Å². The molecule has 1 saturated carbocycles. The van der Waals surface area contributed by atoms with Crippen molar-refractivity contribution in [2.45, 2.75) is 63.6 Å². The predicted molar refractivity (Wildman–Crippen MR) is 136 cm³/mol. The lowest BCUT2D eigenvalue weighted by atomic mass is 9.79. The second-order valence-electron chi connectivity index (χ2n) is 9.89. The van der Waals surface area contributed by atoms with Crippen LogP contribution in [-0.2, 0) is 9.47 Å². The molecule has 0 N–H and O–H groups in total. The Hall–Kier alpha value is -2.57. The van der Waals surface area contributed by atoms with E-state index in [9.17, 15) is 13.2 Å². The number of hydrogen-bond donors (Lipinski definition) is 0. The van der Waals surface area contributed by atoms with E-state index in [1.165, 1.54) is 12.1 Å². The van der Waals surface area contributed by atoms with Crippen LogP contribution < -0.4 is 4.74 Å². The molecule has 1 heterocycles. The molecule has 0 spiro atoms. The van der Waals surface area contributed by atoms with Gasteiger partial charge in [-0.3, -0.25) is 0 Å². The van der Waals surface area contributed by atoms with Crippen molar-refractivity contribution in [3.8, 4) is 5.75 Å². The molecular formula is C30H35F3O3. The van der Waals surface area contributed by atoms with Crippen LogP contribution in [-0.4, -0.2) is 26.1 Å². The second kappa shape index (κ2) is 12.6. The van der Waals surface area contributed by atoms with Crippen molar-refractivity contribution in [3.63, 3.8) is 0 Å². The van der Waals surface area contributed by atoms with Gasteiger partial charge in [-0.2, -0.15) is 0 Å². The summed E-state index contributed by atoms with van der Waals surface area (Å²) < 4.78 is 61.0. The summed E-state index contributed by atoms with van der Waals surface area (Å²) in [5.41, 5.74) is 1.40. The zero-order valence-electron chi connectivity index (χ0n) is 20.9. The van der Waals surface area contributed by atoms with Gasteiger partial charge in [-0.1, -0.05) is 50.1 Å². The van der Waals surface area contributed by atoms with Gasteiger partial charge in [0.05, 0.1) is 19.8 Å². The first-order valence-corrected chi connectivity index (χ1v) is 12.9. The Morgan fingerprint density at radius 3 is 2.42 bits per heavy atom. The maximum absolute atomic E-state index is 14.8. The Balaban J connectivity index is 1.31. The predicted octanol–water partition coefficient (Wildman–Crippen LogP) is 7.91. The van der Waals surface area contributed by atoms with Gasteiger partial charge in [0, 0.05) is 11.5 Å². The molecule has 1 aliphatic heterocycles. The number of allylic oxidation sites excluding steroid dienone is 1. The summed E-state index contributed by atoms with van der Waals surface area (Å²) in [4.78, 5) is 0. The number of rotatable bonds is 9. The fraction of sp³-hybridized carbons (Fsp3) is 0.467. The normalized spacial score (nSPS) is 24.7. The first-order valence-electron chi connectivity index (χ1n) is 12.9. The van der Waals surface area contributed by atoms with Crippen molar-refractivity contribution in [1.82, 2.24) is 0 Å². The SMILES string of the molecule is C=CCCCOc1ccc(C2COC(/C=C/c3ccc(C4CCC(C)CC4)c(F)c3F)OC2)cc1F. The molecule has 6 heteroatoms. The highest BCUT2D eigenvalue weighted by atomic mass is 19.2. The lowest BCUT2D eigenvalue weighted by Crippen LogP contribution is -2.29. The number of halogens is 3. The summed E-state index contributed by atoms with van der Waals surface area (Å²) in [6.45, 7) is 6.94. The van der Waals surface area contributed by atoms with Gasteiger partial charge < -0.3 is 14.2 Å². The molecule has 0 aromatic heterocycles. The quantitative estimate of drug-likeness (QED) is 0.259.